The first kappa shape index (κ1) is 17.9. The van der Waals surface area contributed by atoms with Gasteiger partial charge in [0.2, 0.25) is 0 Å². The van der Waals surface area contributed by atoms with Gasteiger partial charge in [-0.2, -0.15) is 5.26 Å². The lowest BCUT2D eigenvalue weighted by atomic mass is 10.1. The SMILES string of the molecule is C=C(/C=c1\c(=C/C)ncn1C)Nc1c(F)cc(/C(C#N)=C\O)cc1F. The van der Waals surface area contributed by atoms with Crippen molar-refractivity contribution in [1.82, 2.24) is 9.55 Å². The Kier molecular flexibility index (Phi) is 5.35. The molecule has 0 radical (unpaired) electrons. The highest BCUT2D eigenvalue weighted by molar-refractivity contribution is 5.77. The summed E-state index contributed by atoms with van der Waals surface area (Å²) >= 11 is 0. The highest BCUT2D eigenvalue weighted by Crippen LogP contribution is 2.25. The molecule has 2 rings (SSSR count). The minimum Gasteiger partial charge on any atom is -0.514 e. The number of imidazole rings is 1. The van der Waals surface area contributed by atoms with Crippen molar-refractivity contribution in [3.8, 4) is 6.07 Å². The van der Waals surface area contributed by atoms with Gasteiger partial charge in [0, 0.05) is 18.3 Å². The van der Waals surface area contributed by atoms with Crippen LogP contribution in [0.5, 0.6) is 0 Å². The van der Waals surface area contributed by atoms with E-state index in [1.807, 2.05) is 6.92 Å². The molecule has 0 aliphatic carbocycles. The fourth-order valence-corrected chi connectivity index (χ4v) is 2.23. The molecule has 0 aliphatic heterocycles. The van der Waals surface area contributed by atoms with E-state index < -0.39 is 17.3 Å². The van der Waals surface area contributed by atoms with Crippen molar-refractivity contribution in [2.24, 2.45) is 7.05 Å². The number of aliphatic hydroxyl groups excluding tert-OH is 1. The number of aromatic nitrogens is 2. The van der Waals surface area contributed by atoms with Crippen molar-refractivity contribution in [3.05, 3.63) is 64.9 Å². The van der Waals surface area contributed by atoms with Gasteiger partial charge in [0.25, 0.3) is 0 Å². The summed E-state index contributed by atoms with van der Waals surface area (Å²) in [6, 6.07) is 3.57. The van der Waals surface area contributed by atoms with Crippen LogP contribution in [0.2, 0.25) is 0 Å². The van der Waals surface area contributed by atoms with Crippen LogP contribution in [0.1, 0.15) is 12.5 Å². The summed E-state index contributed by atoms with van der Waals surface area (Å²) in [5.74, 6) is -1.82. The second-order valence-corrected chi connectivity index (χ2v) is 5.18. The highest BCUT2D eigenvalue weighted by atomic mass is 19.1. The van der Waals surface area contributed by atoms with Crippen LogP contribution in [-0.4, -0.2) is 14.7 Å². The molecule has 2 N–H and O–H groups in total. The average molecular weight is 342 g/mol. The summed E-state index contributed by atoms with van der Waals surface area (Å²) in [7, 11) is 1.79. The number of aliphatic hydroxyl groups is 1. The van der Waals surface area contributed by atoms with Crippen molar-refractivity contribution in [1.29, 1.82) is 5.26 Å². The van der Waals surface area contributed by atoms with Crippen molar-refractivity contribution in [2.75, 3.05) is 5.32 Å². The third-order valence-corrected chi connectivity index (χ3v) is 3.49. The molecule has 1 heterocycles. The van der Waals surface area contributed by atoms with Crippen LogP contribution < -0.4 is 16.0 Å². The summed E-state index contributed by atoms with van der Waals surface area (Å²) < 4.78 is 30.2. The van der Waals surface area contributed by atoms with E-state index in [1.54, 1.807) is 36.2 Å². The Morgan fingerprint density at radius 2 is 2.04 bits per heavy atom. The second-order valence-electron chi connectivity index (χ2n) is 5.18. The quantitative estimate of drug-likeness (QED) is 0.661. The molecule has 0 fully saturated rings. The maximum atomic E-state index is 14.2. The molecule has 0 saturated carbocycles. The minimum absolute atomic E-state index is 0.0605. The van der Waals surface area contributed by atoms with E-state index in [9.17, 15) is 8.78 Å². The number of halogens is 2. The molecule has 0 amide bonds. The molecule has 0 unspecified atom stereocenters. The zero-order chi connectivity index (χ0) is 18.6. The number of nitrogens with one attached hydrogen (secondary N) is 1. The lowest BCUT2D eigenvalue weighted by molar-refractivity contribution is 0.476. The predicted molar refractivity (Wildman–Crippen MR) is 92.4 cm³/mol. The summed E-state index contributed by atoms with van der Waals surface area (Å²) in [4.78, 5) is 4.18. The van der Waals surface area contributed by atoms with Crippen molar-refractivity contribution in [3.63, 3.8) is 0 Å². The van der Waals surface area contributed by atoms with Crippen molar-refractivity contribution >= 4 is 23.4 Å². The van der Waals surface area contributed by atoms with Gasteiger partial charge in [-0.15, -0.1) is 0 Å². The van der Waals surface area contributed by atoms with E-state index in [-0.39, 0.29) is 16.8 Å². The van der Waals surface area contributed by atoms with Gasteiger partial charge >= 0.3 is 0 Å². The van der Waals surface area contributed by atoms with Crippen molar-refractivity contribution < 1.29 is 13.9 Å². The molecule has 2 aromatic rings. The highest BCUT2D eigenvalue weighted by Gasteiger charge is 2.14. The van der Waals surface area contributed by atoms with E-state index in [0.29, 0.717) is 11.6 Å². The summed E-state index contributed by atoms with van der Waals surface area (Å²) in [6.07, 6.45) is 5.54. The Morgan fingerprint density at radius 3 is 2.56 bits per heavy atom. The summed E-state index contributed by atoms with van der Waals surface area (Å²) in [6.45, 7) is 5.58. The van der Waals surface area contributed by atoms with Gasteiger partial charge in [-0.05, 0) is 25.1 Å². The fourth-order valence-electron chi connectivity index (χ4n) is 2.23. The van der Waals surface area contributed by atoms with Crippen LogP contribution in [0.15, 0.2) is 37.0 Å². The normalized spacial score (nSPS) is 13.0. The van der Waals surface area contributed by atoms with Crippen LogP contribution in [0, 0.1) is 23.0 Å². The van der Waals surface area contributed by atoms with Crippen LogP contribution in [0.4, 0.5) is 14.5 Å². The Hall–Kier alpha value is -3.40. The Balaban J connectivity index is 2.40. The molecular weight excluding hydrogens is 326 g/mol. The summed E-state index contributed by atoms with van der Waals surface area (Å²) in [5.41, 5.74) is -0.442. The molecule has 0 atom stereocenters. The van der Waals surface area contributed by atoms with Gasteiger partial charge in [-0.1, -0.05) is 12.7 Å². The Morgan fingerprint density at radius 1 is 1.40 bits per heavy atom. The smallest absolute Gasteiger partial charge is 0.150 e. The van der Waals surface area contributed by atoms with E-state index in [4.69, 9.17) is 10.4 Å². The van der Waals surface area contributed by atoms with Crippen LogP contribution in [-0.2, 0) is 7.05 Å². The van der Waals surface area contributed by atoms with E-state index in [0.717, 1.165) is 17.5 Å². The van der Waals surface area contributed by atoms with E-state index in [1.165, 1.54) is 0 Å². The standard InChI is InChI=1S/C18H16F2N4O/c1-4-16-17(24(3)10-22-16)5-11(2)23-18-14(19)6-12(7-15(18)20)13(8-21)9-25/h4-7,9-10,23,25H,2H2,1,3H3/b13-9-,16-4+,17-5+. The molecule has 1 aromatic heterocycles. The number of hydrogen-bond donors (Lipinski definition) is 2. The lowest BCUT2D eigenvalue weighted by Gasteiger charge is -2.10. The first-order valence-electron chi connectivity index (χ1n) is 7.26. The summed E-state index contributed by atoms with van der Waals surface area (Å²) in [5, 5.41) is 21.8. The number of allylic oxidation sites excluding steroid dienone is 2. The zero-order valence-electron chi connectivity index (χ0n) is 13.7. The Labute approximate surface area is 143 Å². The van der Waals surface area contributed by atoms with Crippen LogP contribution in [0.25, 0.3) is 17.7 Å². The van der Waals surface area contributed by atoms with Gasteiger partial charge in [-0.3, -0.25) is 0 Å². The number of aryl methyl sites for hydroxylation is 1. The Bertz CT molecular complexity index is 990. The molecule has 0 spiro atoms. The van der Waals surface area contributed by atoms with Crippen molar-refractivity contribution in [2.45, 2.75) is 6.92 Å². The van der Waals surface area contributed by atoms with Gasteiger partial charge < -0.3 is 15.0 Å². The molecular formula is C18H16F2N4O. The largest absolute Gasteiger partial charge is 0.514 e. The second kappa shape index (κ2) is 7.45. The van der Waals surface area contributed by atoms with Gasteiger partial charge in [0.15, 0.2) is 0 Å². The minimum atomic E-state index is -0.911. The number of nitriles is 1. The molecule has 0 aliphatic rings. The number of hydrogen-bond acceptors (Lipinski definition) is 4. The lowest BCUT2D eigenvalue weighted by Crippen LogP contribution is -2.29. The van der Waals surface area contributed by atoms with E-state index in [2.05, 4.69) is 16.9 Å². The molecule has 0 saturated heterocycles. The topological polar surface area (TPSA) is 73.9 Å². The monoisotopic (exact) mass is 342 g/mol. The van der Waals surface area contributed by atoms with Gasteiger partial charge in [0.1, 0.15) is 23.4 Å². The van der Waals surface area contributed by atoms with Crippen LogP contribution >= 0.6 is 0 Å². The maximum absolute atomic E-state index is 14.2. The zero-order valence-corrected chi connectivity index (χ0v) is 13.7. The third kappa shape index (κ3) is 3.75. The first-order valence-corrected chi connectivity index (χ1v) is 7.26. The molecule has 128 valence electrons. The molecule has 0 bridgehead atoms. The molecule has 7 heteroatoms. The molecule has 5 nitrogen and oxygen atoms in total. The van der Waals surface area contributed by atoms with E-state index >= 15 is 0 Å². The van der Waals surface area contributed by atoms with Gasteiger partial charge in [0.05, 0.1) is 28.9 Å². The number of anilines is 1. The average Bonchev–Trinajstić information content (AvgIpc) is 2.92. The third-order valence-electron chi connectivity index (χ3n) is 3.49. The molecule has 1 aromatic carbocycles. The predicted octanol–water partition coefficient (Wildman–Crippen LogP) is 2.33. The maximum Gasteiger partial charge on any atom is 0.150 e. The number of rotatable bonds is 4. The van der Waals surface area contributed by atoms with Crippen LogP contribution in [0.3, 0.4) is 0 Å². The fraction of sp³-hybridized carbons (Fsp3) is 0.111. The first-order chi connectivity index (χ1) is 11.9. The number of nitrogens with zero attached hydrogens (tertiary/aromatic N) is 3. The number of benzene rings is 1. The van der Waals surface area contributed by atoms with Gasteiger partial charge in [-0.25, -0.2) is 13.8 Å². The molecule has 25 heavy (non-hydrogen) atoms.